The highest BCUT2D eigenvalue weighted by atomic mass is 35.5. The molecule has 0 N–H and O–H groups in total. The van der Waals surface area contributed by atoms with E-state index in [0.717, 1.165) is 0 Å². The van der Waals surface area contributed by atoms with Gasteiger partial charge in [0.25, 0.3) is 0 Å². The number of carbonyl (C=O) groups is 2. The van der Waals surface area contributed by atoms with Gasteiger partial charge in [-0.15, -0.1) is 0 Å². The van der Waals surface area contributed by atoms with Gasteiger partial charge in [-0.1, -0.05) is 70.7 Å². The number of alkyl halides is 4. The van der Waals surface area contributed by atoms with E-state index in [-0.39, 0.29) is 0 Å². The fourth-order valence-corrected chi connectivity index (χ4v) is 3.17. The molecule has 0 atom stereocenters. The molecule has 0 aromatic heterocycles. The Bertz CT molecular complexity index is 729. The van der Waals surface area contributed by atoms with Crippen LogP contribution in [0.1, 0.15) is 31.8 Å². The van der Waals surface area contributed by atoms with Gasteiger partial charge in [0.2, 0.25) is 0 Å². The third kappa shape index (κ3) is 3.94. The lowest BCUT2D eigenvalue weighted by atomic mass is 10.00. The highest BCUT2D eigenvalue weighted by molar-refractivity contribution is 6.61. The number of carbonyl (C=O) groups excluding carboxylic acids is 2. The van der Waals surface area contributed by atoms with Crippen LogP contribution in [0.2, 0.25) is 0 Å². The van der Waals surface area contributed by atoms with Crippen molar-refractivity contribution in [3.05, 3.63) is 70.8 Å². The van der Waals surface area contributed by atoms with Gasteiger partial charge in [0.15, 0.2) is 8.67 Å². The summed E-state index contributed by atoms with van der Waals surface area (Å²) in [5.74, 6) is -0.986. The van der Waals surface area contributed by atoms with E-state index in [0.29, 0.717) is 22.3 Å². The molecule has 0 amide bonds. The summed E-state index contributed by atoms with van der Waals surface area (Å²) < 4.78 is 5.81. The topological polar surface area (TPSA) is 52.6 Å². The number of hydrogen-bond acceptors (Lipinski definition) is 4. The van der Waals surface area contributed by atoms with Crippen molar-refractivity contribution in [3.63, 3.8) is 0 Å². The summed E-state index contributed by atoms with van der Waals surface area (Å²) in [7, 11) is 2.56. The number of methoxy groups -OCH3 is 2. The maximum atomic E-state index is 11.5. The molecular weight excluding hydrogens is 422 g/mol. The van der Waals surface area contributed by atoms with E-state index in [4.69, 9.17) is 46.4 Å². The number of benzene rings is 2. The first-order valence-electron chi connectivity index (χ1n) is 7.28. The zero-order valence-electron chi connectivity index (χ0n) is 13.8. The molecule has 26 heavy (non-hydrogen) atoms. The fourth-order valence-electron chi connectivity index (χ4n) is 2.23. The number of halogens is 4. The first kappa shape index (κ1) is 20.8. The van der Waals surface area contributed by atoms with Crippen LogP contribution in [0.15, 0.2) is 48.5 Å². The van der Waals surface area contributed by atoms with Crippen LogP contribution in [0.4, 0.5) is 0 Å². The number of hydrogen-bond donors (Lipinski definition) is 0. The van der Waals surface area contributed by atoms with Gasteiger partial charge in [-0.25, -0.2) is 9.59 Å². The van der Waals surface area contributed by atoms with Crippen LogP contribution in [0.5, 0.6) is 0 Å². The van der Waals surface area contributed by atoms with E-state index in [9.17, 15) is 9.59 Å². The molecule has 0 aliphatic carbocycles. The van der Waals surface area contributed by atoms with Gasteiger partial charge in [0.05, 0.1) is 25.3 Å². The average Bonchev–Trinajstić information content (AvgIpc) is 2.66. The van der Waals surface area contributed by atoms with Crippen molar-refractivity contribution in [2.45, 2.75) is 8.67 Å². The molecule has 0 saturated heterocycles. The van der Waals surface area contributed by atoms with Crippen molar-refractivity contribution in [2.75, 3.05) is 14.2 Å². The van der Waals surface area contributed by atoms with E-state index in [1.54, 1.807) is 0 Å². The summed E-state index contributed by atoms with van der Waals surface area (Å²) in [6.07, 6.45) is 0. The van der Waals surface area contributed by atoms with Crippen LogP contribution in [0, 0.1) is 0 Å². The zero-order valence-corrected chi connectivity index (χ0v) is 16.8. The highest BCUT2D eigenvalue weighted by Gasteiger charge is 2.49. The number of esters is 2. The van der Waals surface area contributed by atoms with Crippen molar-refractivity contribution < 1.29 is 19.1 Å². The van der Waals surface area contributed by atoms with Crippen molar-refractivity contribution in [3.8, 4) is 0 Å². The predicted octanol–water partition coefficient (Wildman–Crippen LogP) is 5.22. The minimum atomic E-state index is -1.74. The van der Waals surface area contributed by atoms with E-state index in [1.165, 1.54) is 62.8 Å². The molecule has 0 bridgehead atoms. The van der Waals surface area contributed by atoms with Gasteiger partial charge in [0.1, 0.15) is 0 Å². The minimum Gasteiger partial charge on any atom is -0.465 e. The molecule has 2 rings (SSSR count). The number of rotatable bonds is 5. The van der Waals surface area contributed by atoms with Gasteiger partial charge in [-0.3, -0.25) is 0 Å². The quantitative estimate of drug-likeness (QED) is 0.477. The maximum absolute atomic E-state index is 11.5. The average molecular weight is 436 g/mol. The lowest BCUT2D eigenvalue weighted by Crippen LogP contribution is -2.31. The molecule has 0 spiro atoms. The van der Waals surface area contributed by atoms with Gasteiger partial charge < -0.3 is 9.47 Å². The molecule has 0 saturated carbocycles. The molecule has 2 aromatic rings. The SMILES string of the molecule is COC(=O)c1ccc(C(Cl)(Cl)C(Cl)(Cl)c2ccc(C(=O)OC)cc2)cc1. The van der Waals surface area contributed by atoms with E-state index >= 15 is 0 Å². The molecule has 0 heterocycles. The largest absolute Gasteiger partial charge is 0.465 e. The highest BCUT2D eigenvalue weighted by Crippen LogP contribution is 2.56. The lowest BCUT2D eigenvalue weighted by Gasteiger charge is -2.33. The molecule has 0 radical (unpaired) electrons. The summed E-state index contributed by atoms with van der Waals surface area (Å²) in [5, 5.41) is 0. The summed E-state index contributed by atoms with van der Waals surface area (Å²) in [4.78, 5) is 23.1. The van der Waals surface area contributed by atoms with Crippen molar-refractivity contribution in [1.29, 1.82) is 0 Å². The molecule has 0 aliphatic heterocycles. The maximum Gasteiger partial charge on any atom is 0.337 e. The van der Waals surface area contributed by atoms with Crippen molar-refractivity contribution in [1.82, 2.24) is 0 Å². The van der Waals surface area contributed by atoms with E-state index < -0.39 is 20.6 Å². The fraction of sp³-hybridized carbons (Fsp3) is 0.222. The summed E-state index contributed by atoms with van der Waals surface area (Å²) in [5.41, 5.74) is 1.43. The summed E-state index contributed by atoms with van der Waals surface area (Å²) in [6, 6.07) is 12.2. The Morgan fingerprint density at radius 3 is 1.15 bits per heavy atom. The Labute approximate surface area is 170 Å². The van der Waals surface area contributed by atoms with Gasteiger partial charge >= 0.3 is 11.9 Å². The number of ether oxygens (including phenoxy) is 2. The molecular formula is C18H14Cl4O4. The second-order valence-electron chi connectivity index (χ2n) is 5.29. The summed E-state index contributed by atoms with van der Waals surface area (Å²) in [6.45, 7) is 0. The molecule has 0 aliphatic rings. The molecule has 138 valence electrons. The normalized spacial score (nSPS) is 11.8. The molecule has 0 fully saturated rings. The van der Waals surface area contributed by atoms with Crippen LogP contribution >= 0.6 is 46.4 Å². The second kappa shape index (κ2) is 8.05. The van der Waals surface area contributed by atoms with Gasteiger partial charge in [0, 0.05) is 0 Å². The third-order valence-electron chi connectivity index (χ3n) is 3.73. The van der Waals surface area contributed by atoms with Crippen LogP contribution in [0.25, 0.3) is 0 Å². The van der Waals surface area contributed by atoms with Gasteiger partial charge in [-0.2, -0.15) is 0 Å². The lowest BCUT2D eigenvalue weighted by molar-refractivity contribution is 0.0592. The Balaban J connectivity index is 2.36. The standard InChI is InChI=1S/C18H14Cl4O4/c1-25-15(23)11-3-7-13(8-4-11)17(19,20)18(21,22)14-9-5-12(6-10-14)16(24)26-2/h3-10H,1-2H3. The van der Waals surface area contributed by atoms with Crippen LogP contribution in [0.3, 0.4) is 0 Å². The Hall–Kier alpha value is -1.46. The smallest absolute Gasteiger partial charge is 0.337 e. The van der Waals surface area contributed by atoms with Crippen LogP contribution in [-0.4, -0.2) is 26.2 Å². The molecule has 4 nitrogen and oxygen atoms in total. The van der Waals surface area contributed by atoms with E-state index in [1.807, 2.05) is 0 Å². The van der Waals surface area contributed by atoms with Crippen LogP contribution in [-0.2, 0) is 18.1 Å². The zero-order chi connectivity index (χ0) is 19.5. The first-order valence-corrected chi connectivity index (χ1v) is 8.79. The molecule has 2 aromatic carbocycles. The Morgan fingerprint density at radius 1 is 0.654 bits per heavy atom. The van der Waals surface area contributed by atoms with Crippen LogP contribution < -0.4 is 0 Å². The second-order valence-corrected chi connectivity index (χ2v) is 7.94. The minimum absolute atomic E-state index is 0.331. The Morgan fingerprint density at radius 2 is 0.923 bits per heavy atom. The van der Waals surface area contributed by atoms with E-state index in [2.05, 4.69) is 9.47 Å². The van der Waals surface area contributed by atoms with Gasteiger partial charge in [-0.05, 0) is 35.4 Å². The Kier molecular flexibility index (Phi) is 6.46. The molecule has 8 heteroatoms. The van der Waals surface area contributed by atoms with Crippen molar-refractivity contribution in [2.24, 2.45) is 0 Å². The monoisotopic (exact) mass is 434 g/mol. The van der Waals surface area contributed by atoms with Crippen molar-refractivity contribution >= 4 is 58.3 Å². The summed E-state index contributed by atoms with van der Waals surface area (Å²) >= 11 is 25.9. The third-order valence-corrected chi connectivity index (χ3v) is 6.13. The first-order chi connectivity index (χ1) is 12.1. The molecule has 0 unspecified atom stereocenters. The predicted molar refractivity (Wildman–Crippen MR) is 102 cm³/mol.